The SMILES string of the molecule is CCCCOC(=O)c1csc(SCCN2C(=O)CC[C@@H]2CN(C)C2CCCCC2)n1. The third kappa shape index (κ3) is 6.69. The molecule has 1 aliphatic heterocycles. The lowest BCUT2D eigenvalue weighted by Crippen LogP contribution is -2.45. The van der Waals surface area contributed by atoms with Crippen molar-refractivity contribution in [3.8, 4) is 0 Å². The number of rotatable bonds is 11. The van der Waals surface area contributed by atoms with E-state index in [0.29, 0.717) is 30.8 Å². The van der Waals surface area contributed by atoms with Gasteiger partial charge in [0.2, 0.25) is 5.91 Å². The van der Waals surface area contributed by atoms with Gasteiger partial charge >= 0.3 is 5.97 Å². The quantitative estimate of drug-likeness (QED) is 0.280. The van der Waals surface area contributed by atoms with Crippen molar-refractivity contribution in [2.75, 3.05) is 32.5 Å². The van der Waals surface area contributed by atoms with Crippen LogP contribution in [0, 0.1) is 0 Å². The zero-order valence-corrected chi connectivity index (χ0v) is 19.9. The molecule has 3 rings (SSSR count). The van der Waals surface area contributed by atoms with Crippen LogP contribution in [-0.2, 0) is 9.53 Å². The molecule has 2 fully saturated rings. The summed E-state index contributed by atoms with van der Waals surface area (Å²) < 4.78 is 6.08. The van der Waals surface area contributed by atoms with Gasteiger partial charge in [0, 0.05) is 42.7 Å². The Hall–Kier alpha value is -1.12. The van der Waals surface area contributed by atoms with Crippen LogP contribution in [0.3, 0.4) is 0 Å². The molecule has 1 atom stereocenters. The molecule has 0 unspecified atom stereocenters. The normalized spacial score (nSPS) is 20.3. The molecule has 1 aromatic rings. The number of hydrogen-bond acceptors (Lipinski definition) is 7. The Morgan fingerprint density at radius 3 is 2.90 bits per heavy atom. The molecule has 1 amide bonds. The van der Waals surface area contributed by atoms with Crippen LogP contribution in [0.15, 0.2) is 9.72 Å². The maximum atomic E-state index is 12.4. The number of unbranched alkanes of at least 4 members (excludes halogenated alkanes) is 1. The van der Waals surface area contributed by atoms with Crippen LogP contribution in [0.4, 0.5) is 0 Å². The Morgan fingerprint density at radius 1 is 1.33 bits per heavy atom. The Labute approximate surface area is 188 Å². The summed E-state index contributed by atoms with van der Waals surface area (Å²) in [6.07, 6.45) is 10.1. The van der Waals surface area contributed by atoms with E-state index in [2.05, 4.69) is 28.8 Å². The first-order valence-electron chi connectivity index (χ1n) is 11.3. The molecule has 8 heteroatoms. The molecule has 2 aliphatic rings. The van der Waals surface area contributed by atoms with Crippen molar-refractivity contribution in [2.45, 2.75) is 81.1 Å². The van der Waals surface area contributed by atoms with Crippen LogP contribution in [-0.4, -0.2) is 71.2 Å². The fourth-order valence-electron chi connectivity index (χ4n) is 4.33. The van der Waals surface area contributed by atoms with E-state index in [4.69, 9.17) is 4.74 Å². The van der Waals surface area contributed by atoms with E-state index >= 15 is 0 Å². The van der Waals surface area contributed by atoms with E-state index in [0.717, 1.165) is 42.4 Å². The molecule has 1 aliphatic carbocycles. The van der Waals surface area contributed by atoms with Gasteiger partial charge in [-0.3, -0.25) is 4.79 Å². The third-order valence-electron chi connectivity index (χ3n) is 6.13. The first-order valence-corrected chi connectivity index (χ1v) is 13.2. The highest BCUT2D eigenvalue weighted by Gasteiger charge is 2.32. The van der Waals surface area contributed by atoms with Crippen molar-refractivity contribution in [1.82, 2.24) is 14.8 Å². The van der Waals surface area contributed by atoms with Crippen LogP contribution in [0.5, 0.6) is 0 Å². The summed E-state index contributed by atoms with van der Waals surface area (Å²) in [6.45, 7) is 4.23. The maximum absolute atomic E-state index is 12.4. The number of thioether (sulfide) groups is 1. The summed E-state index contributed by atoms with van der Waals surface area (Å²) in [4.78, 5) is 33.4. The molecule has 1 aromatic heterocycles. The van der Waals surface area contributed by atoms with Gasteiger partial charge in [-0.1, -0.05) is 44.4 Å². The summed E-state index contributed by atoms with van der Waals surface area (Å²) >= 11 is 3.09. The molecule has 2 heterocycles. The Bertz CT molecular complexity index is 691. The van der Waals surface area contributed by atoms with Gasteiger partial charge < -0.3 is 14.5 Å². The number of carbonyl (C=O) groups excluding carboxylic acids is 2. The summed E-state index contributed by atoms with van der Waals surface area (Å²) in [5.41, 5.74) is 0.392. The zero-order chi connectivity index (χ0) is 21.3. The van der Waals surface area contributed by atoms with Crippen molar-refractivity contribution < 1.29 is 14.3 Å². The fraction of sp³-hybridized carbons (Fsp3) is 0.773. The molecule has 30 heavy (non-hydrogen) atoms. The van der Waals surface area contributed by atoms with Gasteiger partial charge in [-0.05, 0) is 32.7 Å². The minimum absolute atomic E-state index is 0.275. The molecule has 6 nitrogen and oxygen atoms in total. The highest BCUT2D eigenvalue weighted by molar-refractivity contribution is 8.01. The summed E-state index contributed by atoms with van der Waals surface area (Å²) in [5.74, 6) is 0.733. The van der Waals surface area contributed by atoms with E-state index < -0.39 is 0 Å². The van der Waals surface area contributed by atoms with Gasteiger partial charge in [0.05, 0.1) is 6.61 Å². The number of nitrogens with zero attached hydrogens (tertiary/aromatic N) is 3. The predicted molar refractivity (Wildman–Crippen MR) is 122 cm³/mol. The minimum Gasteiger partial charge on any atom is -0.461 e. The number of thiazole rings is 1. The average molecular weight is 454 g/mol. The van der Waals surface area contributed by atoms with Crippen LogP contribution in [0.25, 0.3) is 0 Å². The standard InChI is InChI=1S/C22H35N3O3S2/c1-3-4-13-28-21(27)19-16-30-22(23-19)29-14-12-25-18(10-11-20(25)26)15-24(2)17-8-6-5-7-9-17/h16-18H,3-15H2,1-2H3/t18-/m1/s1. The van der Waals surface area contributed by atoms with E-state index in [1.165, 1.54) is 43.4 Å². The molecule has 1 saturated carbocycles. The van der Waals surface area contributed by atoms with E-state index in [9.17, 15) is 9.59 Å². The van der Waals surface area contributed by atoms with Gasteiger partial charge in [0.1, 0.15) is 0 Å². The van der Waals surface area contributed by atoms with Crippen molar-refractivity contribution in [3.63, 3.8) is 0 Å². The Morgan fingerprint density at radius 2 is 2.13 bits per heavy atom. The molecule has 1 saturated heterocycles. The largest absolute Gasteiger partial charge is 0.461 e. The minimum atomic E-state index is -0.341. The number of amides is 1. The van der Waals surface area contributed by atoms with Crippen molar-refractivity contribution in [2.24, 2.45) is 0 Å². The lowest BCUT2D eigenvalue weighted by molar-refractivity contribution is -0.128. The Kier molecular flexibility index (Phi) is 9.46. The van der Waals surface area contributed by atoms with Gasteiger partial charge in [0.25, 0.3) is 0 Å². The second kappa shape index (κ2) is 12.1. The van der Waals surface area contributed by atoms with Crippen LogP contribution in [0.2, 0.25) is 0 Å². The first-order chi connectivity index (χ1) is 14.6. The van der Waals surface area contributed by atoms with Gasteiger partial charge in [-0.25, -0.2) is 9.78 Å². The molecule has 168 valence electrons. The van der Waals surface area contributed by atoms with Crippen LogP contribution >= 0.6 is 23.1 Å². The number of aromatic nitrogens is 1. The third-order valence-corrected chi connectivity index (χ3v) is 8.13. The zero-order valence-electron chi connectivity index (χ0n) is 18.3. The fourth-order valence-corrected chi connectivity index (χ4v) is 6.13. The number of esters is 1. The molecule has 0 N–H and O–H groups in total. The molecule has 0 radical (unpaired) electrons. The van der Waals surface area contributed by atoms with Gasteiger partial charge in [-0.15, -0.1) is 11.3 Å². The van der Waals surface area contributed by atoms with Gasteiger partial charge in [-0.2, -0.15) is 0 Å². The van der Waals surface area contributed by atoms with Crippen LogP contribution < -0.4 is 0 Å². The number of likely N-dealkylation sites (tertiary alicyclic amines) is 1. The van der Waals surface area contributed by atoms with Crippen LogP contribution in [0.1, 0.15) is 75.2 Å². The average Bonchev–Trinajstić information content (AvgIpc) is 3.36. The summed E-state index contributed by atoms with van der Waals surface area (Å²) in [6, 6.07) is 1.00. The van der Waals surface area contributed by atoms with Gasteiger partial charge in [0.15, 0.2) is 10.0 Å². The number of ether oxygens (including phenoxy) is 1. The van der Waals surface area contributed by atoms with E-state index in [1.54, 1.807) is 17.1 Å². The molecular formula is C22H35N3O3S2. The van der Waals surface area contributed by atoms with E-state index in [1.807, 2.05) is 0 Å². The highest BCUT2D eigenvalue weighted by atomic mass is 32.2. The number of hydrogen-bond donors (Lipinski definition) is 0. The first kappa shape index (κ1) is 23.5. The number of carbonyl (C=O) groups is 2. The number of likely N-dealkylation sites (N-methyl/N-ethyl adjacent to an activating group) is 1. The molecular weight excluding hydrogens is 418 g/mol. The van der Waals surface area contributed by atoms with Crippen molar-refractivity contribution in [3.05, 3.63) is 11.1 Å². The van der Waals surface area contributed by atoms with E-state index in [-0.39, 0.29) is 11.9 Å². The lowest BCUT2D eigenvalue weighted by atomic mass is 9.94. The topological polar surface area (TPSA) is 62.7 Å². The highest BCUT2D eigenvalue weighted by Crippen LogP contribution is 2.27. The maximum Gasteiger partial charge on any atom is 0.357 e. The van der Waals surface area contributed by atoms with Crippen molar-refractivity contribution >= 4 is 35.0 Å². The Balaban J connectivity index is 1.43. The lowest BCUT2D eigenvalue weighted by Gasteiger charge is -2.35. The van der Waals surface area contributed by atoms with Crippen molar-refractivity contribution in [1.29, 1.82) is 0 Å². The second-order valence-electron chi connectivity index (χ2n) is 8.35. The summed E-state index contributed by atoms with van der Waals surface area (Å²) in [7, 11) is 2.22. The molecule has 0 bridgehead atoms. The second-order valence-corrected chi connectivity index (χ2v) is 10.5. The molecule has 0 spiro atoms. The molecule has 0 aromatic carbocycles. The monoisotopic (exact) mass is 453 g/mol. The predicted octanol–water partition coefficient (Wildman–Crippen LogP) is 4.45. The summed E-state index contributed by atoms with van der Waals surface area (Å²) in [5, 5.41) is 1.76. The smallest absolute Gasteiger partial charge is 0.357 e.